The molecule has 0 N–H and O–H groups in total. The Labute approximate surface area is 106 Å². The van der Waals surface area contributed by atoms with Crippen LogP contribution in [-0.2, 0) is 16.0 Å². The molecule has 0 spiro atoms. The van der Waals surface area contributed by atoms with E-state index in [1.165, 1.54) is 18.4 Å². The van der Waals surface area contributed by atoms with E-state index in [-0.39, 0.29) is 12.0 Å². The summed E-state index contributed by atoms with van der Waals surface area (Å²) in [4.78, 5) is 15.3. The van der Waals surface area contributed by atoms with Crippen molar-refractivity contribution in [1.29, 1.82) is 0 Å². The number of hydrogen-bond acceptors (Lipinski definition) is 4. The summed E-state index contributed by atoms with van der Waals surface area (Å²) < 4.78 is 4.88. The van der Waals surface area contributed by atoms with E-state index >= 15 is 0 Å². The number of ether oxygens (including phenoxy) is 1. The van der Waals surface area contributed by atoms with E-state index in [0.29, 0.717) is 0 Å². The molecule has 2 rings (SSSR count). The molecule has 3 nitrogen and oxygen atoms in total. The van der Waals surface area contributed by atoms with Crippen LogP contribution in [0.4, 0.5) is 0 Å². The van der Waals surface area contributed by atoms with Crippen LogP contribution in [0.15, 0.2) is 17.5 Å². The summed E-state index contributed by atoms with van der Waals surface area (Å²) in [5.74, 6) is -0.0733. The normalized spacial score (nSPS) is 21.4. The second-order valence-corrected chi connectivity index (χ2v) is 5.43. The molecule has 2 heterocycles. The zero-order valence-electron chi connectivity index (χ0n) is 10.2. The van der Waals surface area contributed by atoms with Crippen LogP contribution < -0.4 is 0 Å². The van der Waals surface area contributed by atoms with Crippen LogP contribution in [-0.4, -0.2) is 37.1 Å². The van der Waals surface area contributed by atoms with Gasteiger partial charge in [0.25, 0.3) is 0 Å². The average molecular weight is 253 g/mol. The zero-order valence-corrected chi connectivity index (χ0v) is 11.0. The molecule has 1 aromatic rings. The summed E-state index contributed by atoms with van der Waals surface area (Å²) in [6.45, 7) is 1.98. The molecule has 0 aromatic carbocycles. The van der Waals surface area contributed by atoms with Crippen molar-refractivity contribution in [3.63, 3.8) is 0 Å². The molecule has 4 heteroatoms. The Balaban J connectivity index is 1.90. The highest BCUT2D eigenvalue weighted by molar-refractivity contribution is 7.09. The highest BCUT2D eigenvalue weighted by atomic mass is 32.1. The Morgan fingerprint density at radius 2 is 2.47 bits per heavy atom. The quantitative estimate of drug-likeness (QED) is 0.771. The Hall–Kier alpha value is -0.870. The molecule has 1 aliphatic rings. The Morgan fingerprint density at radius 3 is 3.18 bits per heavy atom. The fraction of sp³-hybridized carbons (Fsp3) is 0.615. The minimum Gasteiger partial charge on any atom is -0.468 e. The van der Waals surface area contributed by atoms with Gasteiger partial charge in [0, 0.05) is 11.4 Å². The van der Waals surface area contributed by atoms with Crippen LogP contribution in [0.1, 0.15) is 24.1 Å². The Morgan fingerprint density at radius 1 is 1.59 bits per heavy atom. The first-order valence-corrected chi connectivity index (χ1v) is 7.03. The van der Waals surface area contributed by atoms with E-state index in [9.17, 15) is 4.79 Å². The number of nitrogens with zero attached hydrogens (tertiary/aromatic N) is 1. The van der Waals surface area contributed by atoms with Gasteiger partial charge in [0.05, 0.1) is 7.11 Å². The monoisotopic (exact) mass is 253 g/mol. The molecule has 94 valence electrons. The van der Waals surface area contributed by atoms with Crippen LogP contribution in [0.5, 0.6) is 0 Å². The van der Waals surface area contributed by atoms with E-state index < -0.39 is 0 Å². The molecule has 17 heavy (non-hydrogen) atoms. The van der Waals surface area contributed by atoms with Crippen LogP contribution >= 0.6 is 11.3 Å². The number of carbonyl (C=O) groups is 1. The third-order valence-corrected chi connectivity index (χ3v) is 4.25. The van der Waals surface area contributed by atoms with E-state index in [2.05, 4.69) is 22.4 Å². The first-order valence-electron chi connectivity index (χ1n) is 6.15. The van der Waals surface area contributed by atoms with Gasteiger partial charge in [0.15, 0.2) is 0 Å². The maximum atomic E-state index is 11.7. The lowest BCUT2D eigenvalue weighted by Crippen LogP contribution is -2.46. The number of methoxy groups -OCH3 is 1. The first-order chi connectivity index (χ1) is 8.31. The molecule has 0 saturated carbocycles. The van der Waals surface area contributed by atoms with Gasteiger partial charge >= 0.3 is 5.97 Å². The lowest BCUT2D eigenvalue weighted by atomic mass is 10.0. The molecular weight excluding hydrogens is 234 g/mol. The molecule has 1 aliphatic heterocycles. The second kappa shape index (κ2) is 6.17. The minimum atomic E-state index is -0.0733. The van der Waals surface area contributed by atoms with Crippen molar-refractivity contribution in [2.45, 2.75) is 31.7 Å². The third kappa shape index (κ3) is 3.30. The van der Waals surface area contributed by atoms with Crippen molar-refractivity contribution in [2.75, 3.05) is 20.2 Å². The lowest BCUT2D eigenvalue weighted by Gasteiger charge is -2.33. The summed E-state index contributed by atoms with van der Waals surface area (Å²) >= 11 is 1.78. The van der Waals surface area contributed by atoms with Gasteiger partial charge in [-0.05, 0) is 37.3 Å². The summed E-state index contributed by atoms with van der Waals surface area (Å²) in [7, 11) is 1.48. The van der Waals surface area contributed by atoms with E-state index in [4.69, 9.17) is 4.74 Å². The van der Waals surface area contributed by atoms with Crippen LogP contribution in [0.3, 0.4) is 0 Å². The van der Waals surface area contributed by atoms with Gasteiger partial charge in [-0.2, -0.15) is 0 Å². The predicted octanol–water partition coefficient (Wildman–Crippen LogP) is 2.32. The Kier molecular flexibility index (Phi) is 4.57. The molecule has 1 saturated heterocycles. The van der Waals surface area contributed by atoms with Gasteiger partial charge in [-0.15, -0.1) is 11.3 Å². The van der Waals surface area contributed by atoms with E-state index in [1.54, 1.807) is 11.3 Å². The number of thiophene rings is 1. The van der Waals surface area contributed by atoms with Gasteiger partial charge in [-0.1, -0.05) is 12.5 Å². The number of esters is 1. The van der Waals surface area contributed by atoms with Gasteiger partial charge in [0.2, 0.25) is 0 Å². The summed E-state index contributed by atoms with van der Waals surface area (Å²) in [6, 6.07) is 4.21. The zero-order chi connectivity index (χ0) is 12.1. The fourth-order valence-corrected chi connectivity index (χ4v) is 3.07. The first kappa shape index (κ1) is 12.6. The van der Waals surface area contributed by atoms with Crippen molar-refractivity contribution in [2.24, 2.45) is 0 Å². The van der Waals surface area contributed by atoms with E-state index in [1.807, 2.05) is 0 Å². The van der Waals surface area contributed by atoms with Crippen LogP contribution in [0.25, 0.3) is 0 Å². The highest BCUT2D eigenvalue weighted by Crippen LogP contribution is 2.19. The predicted molar refractivity (Wildman–Crippen MR) is 69.3 cm³/mol. The second-order valence-electron chi connectivity index (χ2n) is 4.40. The summed E-state index contributed by atoms with van der Waals surface area (Å²) in [5, 5.41) is 2.10. The number of likely N-dealkylation sites (tertiary alicyclic amines) is 1. The molecular formula is C13H19NO2S. The topological polar surface area (TPSA) is 29.5 Å². The van der Waals surface area contributed by atoms with E-state index in [0.717, 1.165) is 32.4 Å². The van der Waals surface area contributed by atoms with Crippen LogP contribution in [0, 0.1) is 0 Å². The van der Waals surface area contributed by atoms with Gasteiger partial charge in [-0.3, -0.25) is 9.69 Å². The average Bonchev–Trinajstić information content (AvgIpc) is 2.89. The molecule has 0 amide bonds. The van der Waals surface area contributed by atoms with Crippen LogP contribution in [0.2, 0.25) is 0 Å². The number of hydrogen-bond donors (Lipinski definition) is 0. The summed E-state index contributed by atoms with van der Waals surface area (Å²) in [6.07, 6.45) is 4.30. The van der Waals surface area contributed by atoms with Crippen molar-refractivity contribution >= 4 is 17.3 Å². The maximum Gasteiger partial charge on any atom is 0.323 e. The molecule has 1 fully saturated rings. The SMILES string of the molecule is COC(=O)C1CCCCN1CCc1cccs1. The van der Waals surface area contributed by atoms with Crippen molar-refractivity contribution < 1.29 is 9.53 Å². The van der Waals surface area contributed by atoms with Crippen molar-refractivity contribution in [1.82, 2.24) is 4.90 Å². The highest BCUT2D eigenvalue weighted by Gasteiger charge is 2.28. The number of carbonyl (C=O) groups excluding carboxylic acids is 1. The molecule has 0 radical (unpaired) electrons. The fourth-order valence-electron chi connectivity index (χ4n) is 2.37. The van der Waals surface area contributed by atoms with Crippen molar-refractivity contribution in [3.05, 3.63) is 22.4 Å². The van der Waals surface area contributed by atoms with Gasteiger partial charge in [-0.25, -0.2) is 0 Å². The summed E-state index contributed by atoms with van der Waals surface area (Å²) in [5.41, 5.74) is 0. The van der Waals surface area contributed by atoms with Gasteiger partial charge < -0.3 is 4.74 Å². The smallest absolute Gasteiger partial charge is 0.323 e. The Bertz CT molecular complexity index is 350. The molecule has 1 atom stereocenters. The van der Waals surface area contributed by atoms with Gasteiger partial charge in [0.1, 0.15) is 6.04 Å². The number of piperidine rings is 1. The van der Waals surface area contributed by atoms with Crippen molar-refractivity contribution in [3.8, 4) is 0 Å². The number of rotatable bonds is 4. The molecule has 0 aliphatic carbocycles. The molecule has 0 bridgehead atoms. The lowest BCUT2D eigenvalue weighted by molar-refractivity contribution is -0.148. The minimum absolute atomic E-state index is 0.0197. The maximum absolute atomic E-state index is 11.7. The molecule has 1 unspecified atom stereocenters. The standard InChI is InChI=1S/C13H19NO2S/c1-16-13(15)12-6-2-3-8-14(12)9-7-11-5-4-10-17-11/h4-5,10,12H,2-3,6-9H2,1H3. The largest absolute Gasteiger partial charge is 0.468 e. The third-order valence-electron chi connectivity index (χ3n) is 3.31. The molecule has 1 aromatic heterocycles.